The summed E-state index contributed by atoms with van der Waals surface area (Å²) in [6.07, 6.45) is 3.05. The van der Waals surface area contributed by atoms with Crippen molar-refractivity contribution in [3.8, 4) is 0 Å². The van der Waals surface area contributed by atoms with Crippen LogP contribution in [0.4, 0.5) is 5.69 Å². The van der Waals surface area contributed by atoms with E-state index in [1.54, 1.807) is 36.5 Å². The van der Waals surface area contributed by atoms with Crippen molar-refractivity contribution in [3.05, 3.63) is 59.9 Å². The van der Waals surface area contributed by atoms with Gasteiger partial charge >= 0.3 is 0 Å². The van der Waals surface area contributed by atoms with Crippen LogP contribution in [0.2, 0.25) is 0 Å². The van der Waals surface area contributed by atoms with Crippen LogP contribution in [0.3, 0.4) is 0 Å². The minimum Gasteiger partial charge on any atom is -0.326 e. The second-order valence-corrected chi connectivity index (χ2v) is 5.85. The number of sulfonamides is 1. The molecule has 0 radical (unpaired) electrons. The molecule has 1 heterocycles. The van der Waals surface area contributed by atoms with Crippen molar-refractivity contribution in [1.29, 1.82) is 0 Å². The summed E-state index contributed by atoms with van der Waals surface area (Å²) in [5.41, 5.74) is 7.61. The molecule has 1 aromatic carbocycles. The van der Waals surface area contributed by atoms with Crippen LogP contribution in [0.1, 0.15) is 11.1 Å². The molecule has 0 fully saturated rings. The Labute approximate surface area is 112 Å². The molecule has 0 spiro atoms. The summed E-state index contributed by atoms with van der Waals surface area (Å²) in [6.45, 7) is 0.393. The fraction of sp³-hybridized carbons (Fsp3) is 0.154. The van der Waals surface area contributed by atoms with Gasteiger partial charge in [0, 0.05) is 12.7 Å². The molecule has 6 heteroatoms. The Morgan fingerprint density at radius 3 is 2.63 bits per heavy atom. The third-order valence-corrected chi connectivity index (χ3v) is 3.78. The van der Waals surface area contributed by atoms with E-state index in [0.717, 1.165) is 5.56 Å². The third kappa shape index (κ3) is 4.04. The Bertz CT molecular complexity index is 642. The summed E-state index contributed by atoms with van der Waals surface area (Å²) in [6, 6.07) is 10.6. The van der Waals surface area contributed by atoms with Gasteiger partial charge in [-0.05, 0) is 23.3 Å². The van der Waals surface area contributed by atoms with Crippen molar-refractivity contribution < 1.29 is 8.42 Å². The van der Waals surface area contributed by atoms with Gasteiger partial charge in [0.15, 0.2) is 0 Å². The molecule has 2 rings (SSSR count). The van der Waals surface area contributed by atoms with Crippen LogP contribution in [-0.4, -0.2) is 13.4 Å². The van der Waals surface area contributed by atoms with Crippen LogP contribution < -0.4 is 10.5 Å². The zero-order valence-corrected chi connectivity index (χ0v) is 11.1. The van der Waals surface area contributed by atoms with Crippen LogP contribution in [0.25, 0.3) is 0 Å². The van der Waals surface area contributed by atoms with Crippen LogP contribution in [0.5, 0.6) is 0 Å². The molecule has 2 aromatic rings. The summed E-state index contributed by atoms with van der Waals surface area (Å²) in [5.74, 6) is -0.0876. The molecule has 0 amide bonds. The topological polar surface area (TPSA) is 85.1 Å². The van der Waals surface area contributed by atoms with E-state index in [-0.39, 0.29) is 5.75 Å². The van der Waals surface area contributed by atoms with Gasteiger partial charge in [-0.15, -0.1) is 0 Å². The number of nitrogens with zero attached hydrogens (tertiary/aromatic N) is 1. The lowest BCUT2D eigenvalue weighted by Crippen LogP contribution is -2.15. The minimum atomic E-state index is -3.44. The molecule has 0 saturated heterocycles. The van der Waals surface area contributed by atoms with E-state index in [9.17, 15) is 8.42 Å². The molecule has 3 N–H and O–H groups in total. The first kappa shape index (κ1) is 13.5. The van der Waals surface area contributed by atoms with Crippen molar-refractivity contribution in [2.45, 2.75) is 12.3 Å². The number of nitrogens with one attached hydrogen (secondary N) is 1. The highest BCUT2D eigenvalue weighted by molar-refractivity contribution is 7.91. The number of aromatic nitrogens is 1. The smallest absolute Gasteiger partial charge is 0.236 e. The van der Waals surface area contributed by atoms with Gasteiger partial charge in [0.05, 0.1) is 17.6 Å². The van der Waals surface area contributed by atoms with Crippen LogP contribution in [-0.2, 0) is 22.3 Å². The van der Waals surface area contributed by atoms with Crippen molar-refractivity contribution in [2.24, 2.45) is 5.73 Å². The minimum absolute atomic E-state index is 0.0876. The number of pyridine rings is 1. The highest BCUT2D eigenvalue weighted by Crippen LogP contribution is 2.12. The van der Waals surface area contributed by atoms with Gasteiger partial charge < -0.3 is 5.73 Å². The molecule has 0 saturated carbocycles. The average Bonchev–Trinajstić information content (AvgIpc) is 2.39. The quantitative estimate of drug-likeness (QED) is 0.867. The number of rotatable bonds is 5. The number of benzene rings is 1. The summed E-state index contributed by atoms with van der Waals surface area (Å²) in [4.78, 5) is 3.86. The Balaban J connectivity index is 2.12. The first-order chi connectivity index (χ1) is 9.09. The fourth-order valence-electron chi connectivity index (χ4n) is 1.70. The van der Waals surface area contributed by atoms with E-state index in [0.29, 0.717) is 17.8 Å². The molecule has 0 aliphatic heterocycles. The number of hydrogen-bond acceptors (Lipinski definition) is 4. The lowest BCUT2D eigenvalue weighted by atomic mass is 10.1. The lowest BCUT2D eigenvalue weighted by molar-refractivity contribution is 0.600. The fourth-order valence-corrected chi connectivity index (χ4v) is 2.88. The van der Waals surface area contributed by atoms with Gasteiger partial charge in [0.25, 0.3) is 0 Å². The largest absolute Gasteiger partial charge is 0.326 e. The molecule has 100 valence electrons. The van der Waals surface area contributed by atoms with Gasteiger partial charge in [-0.3, -0.25) is 9.71 Å². The van der Waals surface area contributed by atoms with Crippen molar-refractivity contribution >= 4 is 15.7 Å². The maximum absolute atomic E-state index is 12.0. The third-order valence-electron chi connectivity index (χ3n) is 2.52. The van der Waals surface area contributed by atoms with Gasteiger partial charge in [-0.25, -0.2) is 8.42 Å². The maximum Gasteiger partial charge on any atom is 0.236 e. The molecule has 0 bridgehead atoms. The molecular weight excluding hydrogens is 262 g/mol. The zero-order valence-electron chi connectivity index (χ0n) is 10.3. The molecule has 19 heavy (non-hydrogen) atoms. The summed E-state index contributed by atoms with van der Waals surface area (Å²) in [5, 5.41) is 0. The SMILES string of the molecule is NCc1cccc(CS(=O)(=O)Nc2cccnc2)c1. The van der Waals surface area contributed by atoms with E-state index >= 15 is 0 Å². The first-order valence-corrected chi connectivity index (χ1v) is 7.43. The molecule has 1 aromatic heterocycles. The normalized spacial score (nSPS) is 11.2. The highest BCUT2D eigenvalue weighted by atomic mass is 32.2. The molecule has 0 aliphatic carbocycles. The zero-order chi connectivity index (χ0) is 13.7. The van der Waals surface area contributed by atoms with E-state index < -0.39 is 10.0 Å². The van der Waals surface area contributed by atoms with Gasteiger partial charge in [0.1, 0.15) is 0 Å². The standard InChI is InChI=1S/C13H15N3O2S/c14-8-11-3-1-4-12(7-11)10-19(17,18)16-13-5-2-6-15-9-13/h1-7,9,16H,8,10,14H2. The highest BCUT2D eigenvalue weighted by Gasteiger charge is 2.11. The summed E-state index contributed by atoms with van der Waals surface area (Å²) in [7, 11) is -3.44. The van der Waals surface area contributed by atoms with Crippen LogP contribution >= 0.6 is 0 Å². The molecule has 0 unspecified atom stereocenters. The van der Waals surface area contributed by atoms with Crippen molar-refractivity contribution in [3.63, 3.8) is 0 Å². The van der Waals surface area contributed by atoms with Crippen molar-refractivity contribution in [2.75, 3.05) is 4.72 Å². The predicted molar refractivity (Wildman–Crippen MR) is 74.8 cm³/mol. The Morgan fingerprint density at radius 1 is 1.16 bits per heavy atom. The Kier molecular flexibility index (Phi) is 4.13. The van der Waals surface area contributed by atoms with Crippen LogP contribution in [0.15, 0.2) is 48.8 Å². The van der Waals surface area contributed by atoms with Crippen LogP contribution in [0, 0.1) is 0 Å². The average molecular weight is 277 g/mol. The number of nitrogens with two attached hydrogens (primary N) is 1. The second kappa shape index (κ2) is 5.81. The summed E-state index contributed by atoms with van der Waals surface area (Å²) >= 11 is 0. The first-order valence-electron chi connectivity index (χ1n) is 5.77. The molecule has 0 aliphatic rings. The molecule has 5 nitrogen and oxygen atoms in total. The maximum atomic E-state index is 12.0. The van der Waals surface area contributed by atoms with Gasteiger partial charge in [-0.1, -0.05) is 24.3 Å². The van der Waals surface area contributed by atoms with Crippen molar-refractivity contribution in [1.82, 2.24) is 4.98 Å². The predicted octanol–water partition coefficient (Wildman–Crippen LogP) is 1.48. The van der Waals surface area contributed by atoms with E-state index in [2.05, 4.69) is 9.71 Å². The summed E-state index contributed by atoms with van der Waals surface area (Å²) < 4.78 is 26.5. The molecular formula is C13H15N3O2S. The Hall–Kier alpha value is -1.92. The number of anilines is 1. The lowest BCUT2D eigenvalue weighted by Gasteiger charge is -2.08. The Morgan fingerprint density at radius 2 is 1.95 bits per heavy atom. The monoisotopic (exact) mass is 277 g/mol. The van der Waals surface area contributed by atoms with E-state index in [4.69, 9.17) is 5.73 Å². The second-order valence-electron chi connectivity index (χ2n) is 4.13. The van der Waals surface area contributed by atoms with Gasteiger partial charge in [-0.2, -0.15) is 0 Å². The van der Waals surface area contributed by atoms with E-state index in [1.165, 1.54) is 6.20 Å². The number of hydrogen-bond donors (Lipinski definition) is 2. The van der Waals surface area contributed by atoms with Gasteiger partial charge in [0.2, 0.25) is 10.0 Å². The molecule has 0 atom stereocenters. The van der Waals surface area contributed by atoms with E-state index in [1.807, 2.05) is 6.07 Å².